The summed E-state index contributed by atoms with van der Waals surface area (Å²) >= 11 is 0. The van der Waals surface area contributed by atoms with Crippen molar-refractivity contribution in [1.29, 1.82) is 0 Å². The number of nitrogens with zero attached hydrogens (tertiary/aromatic N) is 2. The van der Waals surface area contributed by atoms with Crippen LogP contribution >= 0.6 is 0 Å². The molecule has 0 radical (unpaired) electrons. The third-order valence-corrected chi connectivity index (χ3v) is 5.32. The molecule has 0 aliphatic heterocycles. The summed E-state index contributed by atoms with van der Waals surface area (Å²) in [5.41, 5.74) is 5.67. The van der Waals surface area contributed by atoms with E-state index >= 15 is 0 Å². The van der Waals surface area contributed by atoms with Gasteiger partial charge in [-0.25, -0.2) is 5.43 Å². The van der Waals surface area contributed by atoms with Crippen molar-refractivity contribution in [3.8, 4) is 28.5 Å². The summed E-state index contributed by atoms with van der Waals surface area (Å²) in [6.45, 7) is 1.79. The van der Waals surface area contributed by atoms with E-state index in [1.165, 1.54) is 0 Å². The monoisotopic (exact) mass is 444 g/mol. The Labute approximate surface area is 191 Å². The zero-order valence-electron chi connectivity index (χ0n) is 18.8. The third-order valence-electron chi connectivity index (χ3n) is 5.32. The molecule has 8 heteroatoms. The van der Waals surface area contributed by atoms with E-state index < -0.39 is 5.91 Å². The summed E-state index contributed by atoms with van der Waals surface area (Å²) in [5, 5.41) is 13.4. The molecule has 0 unspecified atom stereocenters. The second-order valence-corrected chi connectivity index (χ2v) is 7.24. The second kappa shape index (κ2) is 9.44. The molecule has 1 heterocycles. The van der Waals surface area contributed by atoms with Crippen molar-refractivity contribution >= 4 is 22.4 Å². The summed E-state index contributed by atoms with van der Waals surface area (Å²) in [7, 11) is 4.75. The molecule has 0 saturated carbocycles. The Kier molecular flexibility index (Phi) is 6.26. The first kappa shape index (κ1) is 21.9. The molecule has 0 saturated heterocycles. The quantitative estimate of drug-likeness (QED) is 0.325. The van der Waals surface area contributed by atoms with Crippen LogP contribution in [-0.4, -0.2) is 43.1 Å². The minimum Gasteiger partial charge on any atom is -0.496 e. The number of carbonyl (C=O) groups excluding carboxylic acids is 1. The number of H-pyrrole nitrogens is 1. The number of benzene rings is 3. The van der Waals surface area contributed by atoms with Crippen molar-refractivity contribution in [2.75, 3.05) is 21.3 Å². The minimum atomic E-state index is -0.409. The average Bonchev–Trinajstić information content (AvgIpc) is 3.35. The molecular formula is C25H24N4O4. The molecule has 4 aromatic rings. The van der Waals surface area contributed by atoms with E-state index in [0.717, 1.165) is 21.9 Å². The predicted molar refractivity (Wildman–Crippen MR) is 127 cm³/mol. The van der Waals surface area contributed by atoms with Gasteiger partial charge >= 0.3 is 0 Å². The highest BCUT2D eigenvalue weighted by Crippen LogP contribution is 2.36. The lowest BCUT2D eigenvalue weighted by molar-refractivity contribution is 0.0950. The number of hydrogen-bond acceptors (Lipinski definition) is 6. The molecule has 8 nitrogen and oxygen atoms in total. The van der Waals surface area contributed by atoms with Gasteiger partial charge in [-0.1, -0.05) is 30.3 Å². The number of carbonyl (C=O) groups is 1. The molecule has 3 aromatic carbocycles. The number of aromatic nitrogens is 2. The standard InChI is InChI=1S/C25H24N4O4/c1-15(17-10-11-21(31-2)23(13-17)33-4)26-29-25(30)20-14-19(27-28-20)24-18-8-6-5-7-16(18)9-12-22(24)32-3/h5-14H,1-4H3,(H,27,28)(H,29,30). The van der Waals surface area contributed by atoms with Crippen LogP contribution in [0.4, 0.5) is 0 Å². The van der Waals surface area contributed by atoms with Gasteiger partial charge in [0.1, 0.15) is 11.4 Å². The van der Waals surface area contributed by atoms with E-state index in [1.807, 2.05) is 42.5 Å². The van der Waals surface area contributed by atoms with Gasteiger partial charge in [-0.05, 0) is 48.0 Å². The van der Waals surface area contributed by atoms with Crippen LogP contribution in [-0.2, 0) is 0 Å². The van der Waals surface area contributed by atoms with Gasteiger partial charge < -0.3 is 14.2 Å². The molecule has 1 aromatic heterocycles. The number of fused-ring (bicyclic) bond motifs is 1. The van der Waals surface area contributed by atoms with Gasteiger partial charge in [0.15, 0.2) is 11.5 Å². The summed E-state index contributed by atoms with van der Waals surface area (Å²) in [5.74, 6) is 1.47. The van der Waals surface area contributed by atoms with Gasteiger partial charge in [-0.3, -0.25) is 9.89 Å². The maximum atomic E-state index is 12.7. The van der Waals surface area contributed by atoms with Crippen molar-refractivity contribution in [3.63, 3.8) is 0 Å². The van der Waals surface area contributed by atoms with Crippen LogP contribution in [0.15, 0.2) is 65.8 Å². The first-order valence-corrected chi connectivity index (χ1v) is 10.2. The highest BCUT2D eigenvalue weighted by atomic mass is 16.5. The van der Waals surface area contributed by atoms with E-state index in [-0.39, 0.29) is 5.69 Å². The maximum Gasteiger partial charge on any atom is 0.289 e. The zero-order valence-corrected chi connectivity index (χ0v) is 18.8. The molecular weight excluding hydrogens is 420 g/mol. The third kappa shape index (κ3) is 4.36. The summed E-state index contributed by atoms with van der Waals surface area (Å²) in [4.78, 5) is 12.7. The lowest BCUT2D eigenvalue weighted by Crippen LogP contribution is -2.19. The Morgan fingerprint density at radius 1 is 0.909 bits per heavy atom. The van der Waals surface area contributed by atoms with Crippen molar-refractivity contribution in [2.45, 2.75) is 6.92 Å². The van der Waals surface area contributed by atoms with Crippen LogP contribution in [0.25, 0.3) is 22.0 Å². The van der Waals surface area contributed by atoms with E-state index in [4.69, 9.17) is 14.2 Å². The summed E-state index contributed by atoms with van der Waals surface area (Å²) in [6, 6.07) is 18.9. The molecule has 4 rings (SSSR count). The van der Waals surface area contributed by atoms with Crippen LogP contribution < -0.4 is 19.6 Å². The van der Waals surface area contributed by atoms with Gasteiger partial charge in [0.2, 0.25) is 0 Å². The summed E-state index contributed by atoms with van der Waals surface area (Å²) in [6.07, 6.45) is 0. The molecule has 0 aliphatic rings. The van der Waals surface area contributed by atoms with Gasteiger partial charge in [0.25, 0.3) is 5.91 Å². The Morgan fingerprint density at radius 2 is 1.64 bits per heavy atom. The van der Waals surface area contributed by atoms with Gasteiger partial charge in [-0.2, -0.15) is 10.2 Å². The number of hydrazone groups is 1. The lowest BCUT2D eigenvalue weighted by atomic mass is 10.0. The number of methoxy groups -OCH3 is 3. The Bertz CT molecular complexity index is 1340. The van der Waals surface area contributed by atoms with Crippen LogP contribution in [0.5, 0.6) is 17.2 Å². The fraction of sp³-hybridized carbons (Fsp3) is 0.160. The number of hydrogen-bond donors (Lipinski definition) is 2. The predicted octanol–water partition coefficient (Wildman–Crippen LogP) is 4.41. The van der Waals surface area contributed by atoms with Gasteiger partial charge in [0, 0.05) is 5.56 Å². The highest BCUT2D eigenvalue weighted by molar-refractivity contribution is 6.02. The van der Waals surface area contributed by atoms with E-state index in [2.05, 4.69) is 20.7 Å². The lowest BCUT2D eigenvalue weighted by Gasteiger charge is -2.10. The van der Waals surface area contributed by atoms with Crippen LogP contribution in [0.1, 0.15) is 23.0 Å². The SMILES string of the molecule is COc1ccc(C(C)=NNC(=O)c2cc(-c3c(OC)ccc4ccccc34)n[nH]2)cc1OC. The second-order valence-electron chi connectivity index (χ2n) is 7.24. The number of ether oxygens (including phenoxy) is 3. The molecule has 2 N–H and O–H groups in total. The van der Waals surface area contributed by atoms with E-state index in [0.29, 0.717) is 28.7 Å². The average molecular weight is 444 g/mol. The molecule has 0 atom stereocenters. The van der Waals surface area contributed by atoms with Gasteiger partial charge in [-0.15, -0.1) is 0 Å². The highest BCUT2D eigenvalue weighted by Gasteiger charge is 2.16. The molecule has 1 amide bonds. The normalized spacial score (nSPS) is 11.3. The molecule has 0 bridgehead atoms. The van der Waals surface area contributed by atoms with Gasteiger partial charge in [0.05, 0.1) is 38.3 Å². The number of amides is 1. The van der Waals surface area contributed by atoms with Crippen molar-refractivity contribution < 1.29 is 19.0 Å². The minimum absolute atomic E-state index is 0.281. The number of nitrogens with one attached hydrogen (secondary N) is 2. The first-order chi connectivity index (χ1) is 16.0. The summed E-state index contributed by atoms with van der Waals surface area (Å²) < 4.78 is 16.1. The topological polar surface area (TPSA) is 97.8 Å². The molecule has 0 aliphatic carbocycles. The Morgan fingerprint density at radius 3 is 2.39 bits per heavy atom. The Balaban J connectivity index is 1.58. The van der Waals surface area contributed by atoms with Crippen LogP contribution in [0.2, 0.25) is 0 Å². The fourth-order valence-corrected chi connectivity index (χ4v) is 3.57. The molecule has 0 fully saturated rings. The zero-order chi connectivity index (χ0) is 23.4. The Hall–Kier alpha value is -4.33. The largest absolute Gasteiger partial charge is 0.496 e. The molecule has 0 spiro atoms. The van der Waals surface area contributed by atoms with Crippen molar-refractivity contribution in [2.24, 2.45) is 5.10 Å². The van der Waals surface area contributed by atoms with E-state index in [9.17, 15) is 4.79 Å². The van der Waals surface area contributed by atoms with Crippen LogP contribution in [0.3, 0.4) is 0 Å². The maximum absolute atomic E-state index is 12.7. The van der Waals surface area contributed by atoms with Crippen LogP contribution in [0, 0.1) is 0 Å². The number of rotatable bonds is 7. The molecule has 33 heavy (non-hydrogen) atoms. The van der Waals surface area contributed by atoms with Crippen molar-refractivity contribution in [1.82, 2.24) is 15.6 Å². The fourth-order valence-electron chi connectivity index (χ4n) is 3.57. The van der Waals surface area contributed by atoms with E-state index in [1.54, 1.807) is 46.5 Å². The molecule has 168 valence electrons. The number of aromatic amines is 1. The van der Waals surface area contributed by atoms with Crippen molar-refractivity contribution in [3.05, 3.63) is 71.9 Å². The smallest absolute Gasteiger partial charge is 0.289 e. The first-order valence-electron chi connectivity index (χ1n) is 10.2.